The summed E-state index contributed by atoms with van der Waals surface area (Å²) in [6, 6.07) is 15.1. The van der Waals surface area contributed by atoms with Crippen LogP contribution in [0.4, 0.5) is 0 Å². The van der Waals surface area contributed by atoms with E-state index < -0.39 is 0 Å². The highest BCUT2D eigenvalue weighted by atomic mass is 16.5. The summed E-state index contributed by atoms with van der Waals surface area (Å²) in [7, 11) is 3.34. The SMILES string of the molecule is COc1ccc(CCC2c3ccccc3CCC2N)cc1OC. The maximum absolute atomic E-state index is 6.41. The van der Waals surface area contributed by atoms with Crippen LogP contribution in [0, 0.1) is 0 Å². The molecule has 1 aliphatic rings. The minimum atomic E-state index is 0.255. The summed E-state index contributed by atoms with van der Waals surface area (Å²) in [5.41, 5.74) is 10.6. The number of aryl methyl sites for hydroxylation is 2. The third-order valence-electron chi connectivity index (χ3n) is 4.91. The van der Waals surface area contributed by atoms with Gasteiger partial charge in [0.15, 0.2) is 11.5 Å². The number of hydrogen-bond acceptors (Lipinski definition) is 3. The lowest BCUT2D eigenvalue weighted by Crippen LogP contribution is -2.33. The average molecular weight is 311 g/mol. The fourth-order valence-corrected chi connectivity index (χ4v) is 3.61. The Kier molecular flexibility index (Phi) is 4.87. The van der Waals surface area contributed by atoms with Gasteiger partial charge in [-0.25, -0.2) is 0 Å². The largest absolute Gasteiger partial charge is 0.493 e. The summed E-state index contributed by atoms with van der Waals surface area (Å²) < 4.78 is 10.7. The zero-order valence-corrected chi connectivity index (χ0v) is 13.9. The van der Waals surface area contributed by atoms with Gasteiger partial charge in [-0.2, -0.15) is 0 Å². The standard InChI is InChI=1S/C20H25NO2/c1-22-19-12-8-14(13-20(19)23-2)7-10-17-16-6-4-3-5-15(16)9-11-18(17)21/h3-6,8,12-13,17-18H,7,9-11,21H2,1-2H3. The van der Waals surface area contributed by atoms with E-state index in [1.165, 1.54) is 16.7 Å². The maximum Gasteiger partial charge on any atom is 0.160 e. The zero-order valence-electron chi connectivity index (χ0n) is 13.9. The zero-order chi connectivity index (χ0) is 16.2. The number of rotatable bonds is 5. The molecule has 3 heteroatoms. The second-order valence-electron chi connectivity index (χ2n) is 6.24. The fraction of sp³-hybridized carbons (Fsp3) is 0.400. The first-order valence-electron chi connectivity index (χ1n) is 8.27. The molecular weight excluding hydrogens is 286 g/mol. The predicted molar refractivity (Wildman–Crippen MR) is 93.3 cm³/mol. The van der Waals surface area contributed by atoms with Crippen molar-refractivity contribution in [2.75, 3.05) is 14.2 Å². The summed E-state index contributed by atoms with van der Waals surface area (Å²) >= 11 is 0. The smallest absolute Gasteiger partial charge is 0.160 e. The summed E-state index contributed by atoms with van der Waals surface area (Å²) in [5, 5.41) is 0. The molecule has 0 radical (unpaired) electrons. The fourth-order valence-electron chi connectivity index (χ4n) is 3.61. The van der Waals surface area contributed by atoms with Gasteiger partial charge in [0.2, 0.25) is 0 Å². The van der Waals surface area contributed by atoms with Crippen LogP contribution >= 0.6 is 0 Å². The Labute approximate surface area is 138 Å². The monoisotopic (exact) mass is 311 g/mol. The van der Waals surface area contributed by atoms with E-state index in [4.69, 9.17) is 15.2 Å². The van der Waals surface area contributed by atoms with Gasteiger partial charge in [0.25, 0.3) is 0 Å². The summed E-state index contributed by atoms with van der Waals surface area (Å²) in [4.78, 5) is 0. The Morgan fingerprint density at radius 3 is 2.61 bits per heavy atom. The molecule has 0 aromatic heterocycles. The molecule has 0 saturated carbocycles. The van der Waals surface area contributed by atoms with Crippen molar-refractivity contribution >= 4 is 0 Å². The molecule has 0 amide bonds. The van der Waals surface area contributed by atoms with Gasteiger partial charge in [0.05, 0.1) is 14.2 Å². The number of ether oxygens (including phenoxy) is 2. The maximum atomic E-state index is 6.41. The van der Waals surface area contributed by atoms with E-state index in [1.54, 1.807) is 14.2 Å². The highest BCUT2D eigenvalue weighted by molar-refractivity contribution is 5.43. The molecule has 3 nitrogen and oxygen atoms in total. The number of benzene rings is 2. The molecule has 2 aromatic carbocycles. The van der Waals surface area contributed by atoms with E-state index in [-0.39, 0.29) is 6.04 Å². The number of methoxy groups -OCH3 is 2. The first-order valence-corrected chi connectivity index (χ1v) is 8.27. The molecule has 2 N–H and O–H groups in total. The lowest BCUT2D eigenvalue weighted by Gasteiger charge is -2.31. The van der Waals surface area contributed by atoms with Crippen molar-refractivity contribution < 1.29 is 9.47 Å². The molecule has 2 atom stereocenters. The van der Waals surface area contributed by atoms with Crippen LogP contribution in [-0.2, 0) is 12.8 Å². The van der Waals surface area contributed by atoms with Gasteiger partial charge in [-0.15, -0.1) is 0 Å². The first-order chi connectivity index (χ1) is 11.2. The molecule has 3 rings (SSSR count). The van der Waals surface area contributed by atoms with Crippen LogP contribution in [0.1, 0.15) is 35.4 Å². The van der Waals surface area contributed by atoms with E-state index >= 15 is 0 Å². The number of fused-ring (bicyclic) bond motifs is 1. The van der Waals surface area contributed by atoms with Crippen LogP contribution in [0.3, 0.4) is 0 Å². The van der Waals surface area contributed by atoms with Crippen LogP contribution in [0.25, 0.3) is 0 Å². The third-order valence-corrected chi connectivity index (χ3v) is 4.91. The van der Waals surface area contributed by atoms with Crippen molar-refractivity contribution in [3.05, 3.63) is 59.2 Å². The van der Waals surface area contributed by atoms with Crippen molar-refractivity contribution in [2.45, 2.75) is 37.6 Å². The average Bonchev–Trinajstić information content (AvgIpc) is 2.60. The minimum Gasteiger partial charge on any atom is -0.493 e. The summed E-state index contributed by atoms with van der Waals surface area (Å²) in [6.07, 6.45) is 4.23. The lowest BCUT2D eigenvalue weighted by molar-refractivity contribution is 0.354. The van der Waals surface area contributed by atoms with Gasteiger partial charge in [0, 0.05) is 6.04 Å². The van der Waals surface area contributed by atoms with Crippen molar-refractivity contribution in [1.82, 2.24) is 0 Å². The topological polar surface area (TPSA) is 44.5 Å². The minimum absolute atomic E-state index is 0.255. The Bertz CT molecular complexity index is 668. The van der Waals surface area contributed by atoms with Crippen LogP contribution in [0.5, 0.6) is 11.5 Å². The molecule has 1 aliphatic carbocycles. The quantitative estimate of drug-likeness (QED) is 0.916. The van der Waals surface area contributed by atoms with Crippen molar-refractivity contribution in [2.24, 2.45) is 5.73 Å². The van der Waals surface area contributed by atoms with Crippen molar-refractivity contribution in [1.29, 1.82) is 0 Å². The first kappa shape index (κ1) is 15.9. The molecule has 0 saturated heterocycles. The Morgan fingerprint density at radius 1 is 1.04 bits per heavy atom. The molecule has 0 aliphatic heterocycles. The molecule has 2 unspecified atom stereocenters. The molecule has 0 fully saturated rings. The van der Waals surface area contributed by atoms with Gasteiger partial charge in [-0.05, 0) is 60.4 Å². The Balaban J connectivity index is 1.75. The number of nitrogens with two attached hydrogens (primary N) is 1. The van der Waals surface area contributed by atoms with Crippen molar-refractivity contribution in [3.63, 3.8) is 0 Å². The Hall–Kier alpha value is -2.00. The lowest BCUT2D eigenvalue weighted by atomic mass is 9.77. The van der Waals surface area contributed by atoms with Crippen LogP contribution in [0.2, 0.25) is 0 Å². The van der Waals surface area contributed by atoms with Crippen molar-refractivity contribution in [3.8, 4) is 11.5 Å². The third kappa shape index (κ3) is 3.35. The van der Waals surface area contributed by atoms with Gasteiger partial charge in [-0.1, -0.05) is 30.3 Å². The molecule has 0 heterocycles. The number of hydrogen-bond donors (Lipinski definition) is 1. The van der Waals surface area contributed by atoms with Gasteiger partial charge < -0.3 is 15.2 Å². The van der Waals surface area contributed by atoms with Gasteiger partial charge >= 0.3 is 0 Å². The molecule has 23 heavy (non-hydrogen) atoms. The molecular formula is C20H25NO2. The summed E-state index contributed by atoms with van der Waals surface area (Å²) in [5.74, 6) is 2.00. The predicted octanol–water partition coefficient (Wildman–Crippen LogP) is 3.69. The molecule has 122 valence electrons. The van der Waals surface area contributed by atoms with E-state index in [0.717, 1.165) is 37.2 Å². The Morgan fingerprint density at radius 2 is 1.83 bits per heavy atom. The summed E-state index contributed by atoms with van der Waals surface area (Å²) in [6.45, 7) is 0. The highest BCUT2D eigenvalue weighted by Gasteiger charge is 2.26. The van der Waals surface area contributed by atoms with Crippen LogP contribution < -0.4 is 15.2 Å². The van der Waals surface area contributed by atoms with Crippen LogP contribution in [-0.4, -0.2) is 20.3 Å². The highest BCUT2D eigenvalue weighted by Crippen LogP contribution is 2.35. The second-order valence-corrected chi connectivity index (χ2v) is 6.24. The van der Waals surface area contributed by atoms with Gasteiger partial charge in [-0.3, -0.25) is 0 Å². The van der Waals surface area contributed by atoms with Crippen LogP contribution in [0.15, 0.2) is 42.5 Å². The van der Waals surface area contributed by atoms with E-state index in [2.05, 4.69) is 36.4 Å². The van der Waals surface area contributed by atoms with E-state index in [0.29, 0.717) is 5.92 Å². The molecule has 2 aromatic rings. The van der Waals surface area contributed by atoms with Gasteiger partial charge in [0.1, 0.15) is 0 Å². The second kappa shape index (κ2) is 7.05. The normalized spacial score (nSPS) is 20.0. The van der Waals surface area contributed by atoms with E-state index in [1.807, 2.05) is 6.07 Å². The molecule has 0 spiro atoms. The molecule has 0 bridgehead atoms. The van der Waals surface area contributed by atoms with E-state index in [9.17, 15) is 0 Å².